The van der Waals surface area contributed by atoms with E-state index in [2.05, 4.69) is 32.8 Å². The standard InChI is InChI=1S/C28H25N5O3/c1-18-3-7-21(8-4-18)31-26-16-27(30-19(2)29-26)32-22-9-11-23(12-10-22)33-28(34)14-6-20-5-13-24-25(15-20)36-17-35-24/h3-16H,17H2,1-2H3,(H,33,34)(H2,29,30,31,32)/b14-6+. The first-order valence-corrected chi connectivity index (χ1v) is 11.5. The molecule has 1 amide bonds. The molecule has 5 rings (SSSR count). The first-order valence-electron chi connectivity index (χ1n) is 11.5. The molecule has 2 heterocycles. The van der Waals surface area contributed by atoms with Gasteiger partial charge in [0, 0.05) is 29.2 Å². The van der Waals surface area contributed by atoms with Crippen molar-refractivity contribution in [2.75, 3.05) is 22.7 Å². The van der Waals surface area contributed by atoms with Crippen molar-refractivity contribution >= 4 is 40.7 Å². The highest BCUT2D eigenvalue weighted by Gasteiger charge is 2.12. The predicted octanol–water partition coefficient (Wildman–Crippen LogP) is 5.96. The van der Waals surface area contributed by atoms with Gasteiger partial charge in [0.2, 0.25) is 12.7 Å². The Morgan fingerprint density at radius 2 is 1.39 bits per heavy atom. The average Bonchev–Trinajstić information content (AvgIpc) is 3.33. The first kappa shape index (κ1) is 22.9. The Morgan fingerprint density at radius 1 is 0.778 bits per heavy atom. The van der Waals surface area contributed by atoms with Crippen molar-refractivity contribution in [1.29, 1.82) is 0 Å². The van der Waals surface area contributed by atoms with Crippen molar-refractivity contribution in [2.45, 2.75) is 13.8 Å². The fourth-order valence-corrected chi connectivity index (χ4v) is 3.64. The number of ether oxygens (including phenoxy) is 2. The second-order valence-electron chi connectivity index (χ2n) is 8.31. The van der Waals surface area contributed by atoms with Crippen LogP contribution in [0.2, 0.25) is 0 Å². The third-order valence-electron chi connectivity index (χ3n) is 5.41. The third kappa shape index (κ3) is 5.79. The molecule has 3 N–H and O–H groups in total. The van der Waals surface area contributed by atoms with E-state index in [1.54, 1.807) is 6.08 Å². The number of hydrogen-bond donors (Lipinski definition) is 3. The number of carbonyl (C=O) groups is 1. The van der Waals surface area contributed by atoms with Gasteiger partial charge in [-0.15, -0.1) is 0 Å². The maximum Gasteiger partial charge on any atom is 0.248 e. The highest BCUT2D eigenvalue weighted by atomic mass is 16.7. The summed E-state index contributed by atoms with van der Waals surface area (Å²) >= 11 is 0. The van der Waals surface area contributed by atoms with Crippen molar-refractivity contribution in [3.8, 4) is 11.5 Å². The third-order valence-corrected chi connectivity index (χ3v) is 5.41. The molecule has 1 aliphatic rings. The van der Waals surface area contributed by atoms with Crippen LogP contribution in [0.15, 0.2) is 78.9 Å². The summed E-state index contributed by atoms with van der Waals surface area (Å²) in [6.45, 7) is 4.12. The van der Waals surface area contributed by atoms with Crippen molar-refractivity contribution in [3.05, 3.63) is 95.8 Å². The van der Waals surface area contributed by atoms with E-state index in [-0.39, 0.29) is 12.7 Å². The largest absolute Gasteiger partial charge is 0.454 e. The Bertz CT molecular complexity index is 1420. The molecule has 0 unspecified atom stereocenters. The molecular weight excluding hydrogens is 454 g/mol. The minimum Gasteiger partial charge on any atom is -0.454 e. The van der Waals surface area contributed by atoms with Crippen LogP contribution in [-0.2, 0) is 4.79 Å². The lowest BCUT2D eigenvalue weighted by molar-refractivity contribution is -0.111. The molecule has 8 nitrogen and oxygen atoms in total. The summed E-state index contributed by atoms with van der Waals surface area (Å²) in [4.78, 5) is 21.3. The highest BCUT2D eigenvalue weighted by Crippen LogP contribution is 2.32. The summed E-state index contributed by atoms with van der Waals surface area (Å²) in [5.41, 5.74) is 4.52. The fourth-order valence-electron chi connectivity index (χ4n) is 3.64. The lowest BCUT2D eigenvalue weighted by Gasteiger charge is -2.11. The van der Waals surface area contributed by atoms with E-state index in [4.69, 9.17) is 9.47 Å². The minimum atomic E-state index is -0.230. The maximum atomic E-state index is 12.3. The molecule has 3 aromatic carbocycles. The fraction of sp³-hybridized carbons (Fsp3) is 0.107. The number of carbonyl (C=O) groups excluding carboxylic acids is 1. The Labute approximate surface area is 209 Å². The zero-order chi connectivity index (χ0) is 24.9. The molecule has 0 atom stereocenters. The highest BCUT2D eigenvalue weighted by molar-refractivity contribution is 6.02. The monoisotopic (exact) mass is 479 g/mol. The normalized spacial score (nSPS) is 11.9. The van der Waals surface area contributed by atoms with Gasteiger partial charge >= 0.3 is 0 Å². The van der Waals surface area contributed by atoms with E-state index in [1.165, 1.54) is 11.6 Å². The van der Waals surface area contributed by atoms with E-state index in [0.717, 1.165) is 16.9 Å². The van der Waals surface area contributed by atoms with Crippen LogP contribution in [0.3, 0.4) is 0 Å². The summed E-state index contributed by atoms with van der Waals surface area (Å²) < 4.78 is 10.7. The van der Waals surface area contributed by atoms with Gasteiger partial charge in [-0.25, -0.2) is 9.97 Å². The first-order chi connectivity index (χ1) is 17.5. The molecule has 0 saturated heterocycles. The van der Waals surface area contributed by atoms with Gasteiger partial charge in [-0.1, -0.05) is 23.8 Å². The number of aryl methyl sites for hydroxylation is 2. The van der Waals surface area contributed by atoms with Crippen LogP contribution < -0.4 is 25.4 Å². The quantitative estimate of drug-likeness (QED) is 0.281. The number of fused-ring (bicyclic) bond motifs is 1. The van der Waals surface area contributed by atoms with Crippen molar-refractivity contribution in [1.82, 2.24) is 9.97 Å². The molecule has 36 heavy (non-hydrogen) atoms. The summed E-state index contributed by atoms with van der Waals surface area (Å²) in [5.74, 6) is 3.17. The zero-order valence-corrected chi connectivity index (χ0v) is 19.9. The molecule has 1 aliphatic heterocycles. The van der Waals surface area contributed by atoms with Gasteiger partial charge < -0.3 is 25.4 Å². The maximum absolute atomic E-state index is 12.3. The van der Waals surface area contributed by atoms with Gasteiger partial charge in [-0.2, -0.15) is 0 Å². The Hall–Kier alpha value is -4.85. The number of amides is 1. The number of hydrogen-bond acceptors (Lipinski definition) is 7. The second-order valence-corrected chi connectivity index (χ2v) is 8.31. The number of rotatable bonds is 7. The molecule has 0 spiro atoms. The molecule has 0 saturated carbocycles. The molecule has 0 bridgehead atoms. The number of anilines is 5. The van der Waals surface area contributed by atoms with E-state index in [9.17, 15) is 4.79 Å². The van der Waals surface area contributed by atoms with Crippen LogP contribution in [0, 0.1) is 13.8 Å². The molecule has 4 aromatic rings. The van der Waals surface area contributed by atoms with Crippen LogP contribution in [0.25, 0.3) is 6.08 Å². The smallest absolute Gasteiger partial charge is 0.248 e. The zero-order valence-electron chi connectivity index (χ0n) is 19.9. The Balaban J connectivity index is 1.19. The summed E-state index contributed by atoms with van der Waals surface area (Å²) in [6.07, 6.45) is 3.21. The molecule has 0 aliphatic carbocycles. The Morgan fingerprint density at radius 3 is 2.08 bits per heavy atom. The number of nitrogens with one attached hydrogen (secondary N) is 3. The summed E-state index contributed by atoms with van der Waals surface area (Å²) in [7, 11) is 0. The molecule has 1 aromatic heterocycles. The van der Waals surface area contributed by atoms with Crippen molar-refractivity contribution in [2.24, 2.45) is 0 Å². The van der Waals surface area contributed by atoms with Crippen LogP contribution in [-0.4, -0.2) is 22.7 Å². The van der Waals surface area contributed by atoms with Crippen molar-refractivity contribution in [3.63, 3.8) is 0 Å². The lowest BCUT2D eigenvalue weighted by atomic mass is 10.2. The van der Waals surface area contributed by atoms with E-state index >= 15 is 0 Å². The van der Waals surface area contributed by atoms with Crippen LogP contribution in [0.1, 0.15) is 17.0 Å². The van der Waals surface area contributed by atoms with E-state index in [0.29, 0.717) is 34.6 Å². The van der Waals surface area contributed by atoms with Gasteiger partial charge in [0.05, 0.1) is 0 Å². The van der Waals surface area contributed by atoms with E-state index in [1.807, 2.05) is 79.7 Å². The van der Waals surface area contributed by atoms with Crippen LogP contribution in [0.5, 0.6) is 11.5 Å². The SMILES string of the molecule is Cc1ccc(Nc2cc(Nc3ccc(NC(=O)/C=C/c4ccc5c(c4)OCO5)cc3)nc(C)n2)cc1. The predicted molar refractivity (Wildman–Crippen MR) is 141 cm³/mol. The Kier molecular flexibility index (Phi) is 6.48. The van der Waals surface area contributed by atoms with E-state index < -0.39 is 0 Å². The number of nitrogens with zero attached hydrogens (tertiary/aromatic N) is 2. The van der Waals surface area contributed by atoms with Crippen LogP contribution in [0.4, 0.5) is 28.7 Å². The van der Waals surface area contributed by atoms with Gasteiger partial charge in [0.25, 0.3) is 0 Å². The number of benzene rings is 3. The topological polar surface area (TPSA) is 97.4 Å². The molecule has 0 fully saturated rings. The molecule has 8 heteroatoms. The van der Waals surface area contributed by atoms with Gasteiger partial charge in [-0.05, 0) is 74.0 Å². The van der Waals surface area contributed by atoms with Gasteiger partial charge in [0.1, 0.15) is 17.5 Å². The molecule has 180 valence electrons. The van der Waals surface area contributed by atoms with Crippen molar-refractivity contribution < 1.29 is 14.3 Å². The average molecular weight is 480 g/mol. The van der Waals surface area contributed by atoms with Gasteiger partial charge in [0.15, 0.2) is 11.5 Å². The number of aromatic nitrogens is 2. The van der Waals surface area contributed by atoms with Gasteiger partial charge in [-0.3, -0.25) is 4.79 Å². The molecule has 0 radical (unpaired) electrons. The second kappa shape index (κ2) is 10.2. The minimum absolute atomic E-state index is 0.218. The molecular formula is C28H25N5O3. The summed E-state index contributed by atoms with van der Waals surface area (Å²) in [6, 6.07) is 22.9. The lowest BCUT2D eigenvalue weighted by Crippen LogP contribution is -2.07. The summed E-state index contributed by atoms with van der Waals surface area (Å²) in [5, 5.41) is 9.45. The van der Waals surface area contributed by atoms with Crippen LogP contribution >= 0.6 is 0 Å².